The molecule has 2 amide bonds. The molecule has 0 heterocycles. The van der Waals surface area contributed by atoms with Crippen LogP contribution in [0.15, 0.2) is 24.3 Å². The van der Waals surface area contributed by atoms with Crippen LogP contribution < -0.4 is 10.6 Å². The van der Waals surface area contributed by atoms with Gasteiger partial charge < -0.3 is 10.6 Å². The van der Waals surface area contributed by atoms with Gasteiger partial charge in [-0.25, -0.2) is 4.39 Å². The van der Waals surface area contributed by atoms with E-state index in [0.717, 1.165) is 25.7 Å². The zero-order valence-electron chi connectivity index (χ0n) is 12.7. The Bertz CT molecular complexity index is 511. The summed E-state index contributed by atoms with van der Waals surface area (Å²) in [6.45, 7) is -0.0518. The van der Waals surface area contributed by atoms with E-state index in [9.17, 15) is 14.0 Å². The molecule has 1 saturated carbocycles. The fourth-order valence-corrected chi connectivity index (χ4v) is 2.76. The largest absolute Gasteiger partial charge is 0.352 e. The highest BCUT2D eigenvalue weighted by Crippen LogP contribution is 2.16. The highest BCUT2D eigenvalue weighted by atomic mass is 19.1. The van der Waals surface area contributed by atoms with Gasteiger partial charge in [0.15, 0.2) is 0 Å². The lowest BCUT2D eigenvalue weighted by Gasteiger charge is -2.16. The highest BCUT2D eigenvalue weighted by molar-refractivity contribution is 5.85. The van der Waals surface area contributed by atoms with Gasteiger partial charge in [-0.15, -0.1) is 0 Å². The number of nitrogens with one attached hydrogen (secondary N) is 2. The molecule has 1 fully saturated rings. The molecular formula is C17H23FN2O2. The van der Waals surface area contributed by atoms with E-state index in [4.69, 9.17) is 0 Å². The smallest absolute Gasteiger partial charge is 0.239 e. The lowest BCUT2D eigenvalue weighted by atomic mass is 10.1. The van der Waals surface area contributed by atoms with Crippen molar-refractivity contribution < 1.29 is 14.0 Å². The van der Waals surface area contributed by atoms with Crippen molar-refractivity contribution in [3.8, 4) is 0 Å². The molecule has 4 nitrogen and oxygen atoms in total. The predicted octanol–water partition coefficient (Wildman–Crippen LogP) is 2.32. The first kappa shape index (κ1) is 16.5. The minimum absolute atomic E-state index is 0.0518. The fourth-order valence-electron chi connectivity index (χ4n) is 2.76. The van der Waals surface area contributed by atoms with Crippen LogP contribution in [0.4, 0.5) is 4.39 Å². The van der Waals surface area contributed by atoms with Crippen LogP contribution in [0.3, 0.4) is 0 Å². The Kier molecular flexibility index (Phi) is 6.37. The van der Waals surface area contributed by atoms with Gasteiger partial charge >= 0.3 is 0 Å². The van der Waals surface area contributed by atoms with Crippen molar-refractivity contribution in [2.45, 2.75) is 51.0 Å². The number of hydrogen-bond acceptors (Lipinski definition) is 2. The average molecular weight is 306 g/mol. The van der Waals surface area contributed by atoms with E-state index in [1.165, 1.54) is 18.9 Å². The first-order valence-corrected chi connectivity index (χ1v) is 7.94. The second kappa shape index (κ2) is 8.51. The van der Waals surface area contributed by atoms with Crippen LogP contribution in [0, 0.1) is 5.82 Å². The monoisotopic (exact) mass is 306 g/mol. The summed E-state index contributed by atoms with van der Waals surface area (Å²) < 4.78 is 13.4. The summed E-state index contributed by atoms with van der Waals surface area (Å²) in [6.07, 6.45) is 6.71. The van der Waals surface area contributed by atoms with Gasteiger partial charge in [-0.2, -0.15) is 0 Å². The Morgan fingerprint density at radius 1 is 1.05 bits per heavy atom. The summed E-state index contributed by atoms with van der Waals surface area (Å²) in [5.74, 6) is -0.921. The van der Waals surface area contributed by atoms with Gasteiger partial charge in [-0.1, -0.05) is 43.9 Å². The summed E-state index contributed by atoms with van der Waals surface area (Å²) in [6, 6.07) is 6.38. The molecule has 120 valence electrons. The van der Waals surface area contributed by atoms with E-state index in [1.807, 2.05) is 0 Å². The molecule has 0 aliphatic heterocycles. The molecule has 0 atom stereocenters. The third-order valence-corrected chi connectivity index (χ3v) is 3.98. The van der Waals surface area contributed by atoms with Crippen molar-refractivity contribution in [1.82, 2.24) is 10.6 Å². The number of amides is 2. The predicted molar refractivity (Wildman–Crippen MR) is 82.7 cm³/mol. The Morgan fingerprint density at radius 2 is 1.73 bits per heavy atom. The van der Waals surface area contributed by atoms with Crippen LogP contribution in [0.1, 0.15) is 44.1 Å². The van der Waals surface area contributed by atoms with Gasteiger partial charge in [-0.05, 0) is 24.5 Å². The van der Waals surface area contributed by atoms with Crippen molar-refractivity contribution in [3.63, 3.8) is 0 Å². The van der Waals surface area contributed by atoms with Crippen molar-refractivity contribution in [3.05, 3.63) is 35.6 Å². The number of halogens is 1. The minimum atomic E-state index is -0.402. The topological polar surface area (TPSA) is 58.2 Å². The van der Waals surface area contributed by atoms with Gasteiger partial charge in [0, 0.05) is 6.04 Å². The number of benzene rings is 1. The van der Waals surface area contributed by atoms with E-state index in [2.05, 4.69) is 10.6 Å². The third-order valence-electron chi connectivity index (χ3n) is 3.98. The Balaban J connectivity index is 1.71. The van der Waals surface area contributed by atoms with E-state index in [1.54, 1.807) is 18.2 Å². The molecule has 2 N–H and O–H groups in total. The molecule has 2 rings (SSSR count). The molecule has 1 aliphatic rings. The van der Waals surface area contributed by atoms with Gasteiger partial charge in [0.05, 0.1) is 13.0 Å². The van der Waals surface area contributed by atoms with E-state index >= 15 is 0 Å². The van der Waals surface area contributed by atoms with Gasteiger partial charge in [-0.3, -0.25) is 9.59 Å². The Labute approximate surface area is 130 Å². The summed E-state index contributed by atoms with van der Waals surface area (Å²) >= 11 is 0. The Hall–Kier alpha value is -1.91. The summed E-state index contributed by atoms with van der Waals surface area (Å²) in [7, 11) is 0. The highest BCUT2D eigenvalue weighted by Gasteiger charge is 2.15. The maximum Gasteiger partial charge on any atom is 0.239 e. The first-order valence-electron chi connectivity index (χ1n) is 7.94. The molecular weight excluding hydrogens is 283 g/mol. The van der Waals surface area contributed by atoms with E-state index < -0.39 is 5.82 Å². The normalized spacial score (nSPS) is 15.9. The molecule has 0 bridgehead atoms. The molecule has 0 aromatic heterocycles. The molecule has 1 aromatic carbocycles. The van der Waals surface area contributed by atoms with E-state index in [-0.39, 0.29) is 30.8 Å². The van der Waals surface area contributed by atoms with E-state index in [0.29, 0.717) is 5.56 Å². The summed E-state index contributed by atoms with van der Waals surface area (Å²) in [4.78, 5) is 23.6. The van der Waals surface area contributed by atoms with Crippen LogP contribution in [-0.2, 0) is 16.0 Å². The van der Waals surface area contributed by atoms with Crippen LogP contribution in [-0.4, -0.2) is 24.4 Å². The molecule has 0 spiro atoms. The number of carbonyl (C=O) groups excluding carboxylic acids is 2. The first-order chi connectivity index (χ1) is 10.6. The number of rotatable bonds is 5. The lowest BCUT2D eigenvalue weighted by molar-refractivity contribution is -0.126. The van der Waals surface area contributed by atoms with Crippen LogP contribution in [0.25, 0.3) is 0 Å². The molecule has 1 aromatic rings. The SMILES string of the molecule is O=C(Cc1ccccc1F)NCC(=O)NC1CCCCCC1. The standard InChI is InChI=1S/C17H23FN2O2/c18-15-10-6-5-7-13(15)11-16(21)19-12-17(22)20-14-8-3-1-2-4-9-14/h5-7,10,14H,1-4,8-9,11-12H2,(H,19,21)(H,20,22). The molecule has 1 aliphatic carbocycles. The zero-order valence-corrected chi connectivity index (χ0v) is 12.7. The number of carbonyl (C=O) groups is 2. The summed E-state index contributed by atoms with van der Waals surface area (Å²) in [5, 5.41) is 5.51. The van der Waals surface area contributed by atoms with Crippen molar-refractivity contribution >= 4 is 11.8 Å². The molecule has 0 saturated heterocycles. The summed E-state index contributed by atoms with van der Waals surface area (Å²) in [5.41, 5.74) is 0.337. The maximum absolute atomic E-state index is 13.4. The quantitative estimate of drug-likeness (QED) is 0.820. The lowest BCUT2D eigenvalue weighted by Crippen LogP contribution is -2.42. The molecule has 5 heteroatoms. The second-order valence-corrected chi connectivity index (χ2v) is 5.80. The molecule has 0 radical (unpaired) electrons. The number of hydrogen-bond donors (Lipinski definition) is 2. The second-order valence-electron chi connectivity index (χ2n) is 5.80. The molecule has 0 unspecified atom stereocenters. The van der Waals surface area contributed by atoms with Crippen molar-refractivity contribution in [2.24, 2.45) is 0 Å². The third kappa shape index (κ3) is 5.47. The average Bonchev–Trinajstić information content (AvgIpc) is 2.76. The zero-order chi connectivity index (χ0) is 15.8. The van der Waals surface area contributed by atoms with Crippen LogP contribution in [0.5, 0.6) is 0 Å². The maximum atomic E-state index is 13.4. The van der Waals surface area contributed by atoms with Crippen molar-refractivity contribution in [2.75, 3.05) is 6.54 Å². The van der Waals surface area contributed by atoms with Gasteiger partial charge in [0.2, 0.25) is 11.8 Å². The molecule has 22 heavy (non-hydrogen) atoms. The van der Waals surface area contributed by atoms with Crippen molar-refractivity contribution in [1.29, 1.82) is 0 Å². The van der Waals surface area contributed by atoms with Crippen LogP contribution in [0.2, 0.25) is 0 Å². The van der Waals surface area contributed by atoms with Crippen LogP contribution >= 0.6 is 0 Å². The van der Waals surface area contributed by atoms with Gasteiger partial charge in [0.25, 0.3) is 0 Å². The fraction of sp³-hybridized carbons (Fsp3) is 0.529. The minimum Gasteiger partial charge on any atom is -0.352 e. The van der Waals surface area contributed by atoms with Gasteiger partial charge in [0.1, 0.15) is 5.82 Å². The Morgan fingerprint density at radius 3 is 2.41 bits per heavy atom.